The van der Waals surface area contributed by atoms with Crippen LogP contribution in [0.1, 0.15) is 15.9 Å². The van der Waals surface area contributed by atoms with Gasteiger partial charge >= 0.3 is 0 Å². The first-order chi connectivity index (χ1) is 7.57. The average molecular weight is 217 g/mol. The highest BCUT2D eigenvalue weighted by Crippen LogP contribution is 2.26. The van der Waals surface area contributed by atoms with Gasteiger partial charge in [0.25, 0.3) is 5.56 Å². The van der Waals surface area contributed by atoms with Crippen LogP contribution in [0.3, 0.4) is 0 Å². The van der Waals surface area contributed by atoms with E-state index < -0.39 is 5.56 Å². The minimum Gasteiger partial charge on any atom is -0.506 e. The Hall–Kier alpha value is -2.10. The maximum Gasteiger partial charge on any atom is 0.265 e. The number of para-hydroxylation sites is 1. The maximum atomic E-state index is 11.8. The molecule has 2 aromatic rings. The fourth-order valence-corrected chi connectivity index (χ4v) is 1.93. The van der Waals surface area contributed by atoms with Crippen LogP contribution >= 0.6 is 0 Å². The van der Waals surface area contributed by atoms with Crippen molar-refractivity contribution >= 4 is 17.2 Å². The summed E-state index contributed by atoms with van der Waals surface area (Å²) in [5.74, 6) is -0.239. The zero-order valence-electron chi connectivity index (χ0n) is 9.02. The zero-order chi connectivity index (χ0) is 11.9. The molecule has 0 saturated carbocycles. The molecule has 0 saturated heterocycles. The molecule has 0 unspecified atom stereocenters. The van der Waals surface area contributed by atoms with E-state index in [4.69, 9.17) is 0 Å². The Labute approximate surface area is 91.8 Å². The molecule has 4 heteroatoms. The van der Waals surface area contributed by atoms with E-state index in [2.05, 4.69) is 0 Å². The average Bonchev–Trinajstić information content (AvgIpc) is 2.27. The lowest BCUT2D eigenvalue weighted by Crippen LogP contribution is -2.21. The molecule has 4 nitrogen and oxygen atoms in total. The molecule has 1 heterocycles. The number of aldehydes is 1. The van der Waals surface area contributed by atoms with Gasteiger partial charge in [-0.25, -0.2) is 0 Å². The van der Waals surface area contributed by atoms with Crippen LogP contribution in [0, 0.1) is 6.92 Å². The van der Waals surface area contributed by atoms with Crippen molar-refractivity contribution in [3.63, 3.8) is 0 Å². The second-order valence-corrected chi connectivity index (χ2v) is 3.72. The number of aromatic nitrogens is 1. The summed E-state index contributed by atoms with van der Waals surface area (Å²) < 4.78 is 1.38. The third-order valence-electron chi connectivity index (χ3n) is 2.74. The summed E-state index contributed by atoms with van der Waals surface area (Å²) in [6.45, 7) is 1.85. The van der Waals surface area contributed by atoms with Crippen molar-refractivity contribution in [3.05, 3.63) is 39.7 Å². The Morgan fingerprint density at radius 1 is 1.38 bits per heavy atom. The van der Waals surface area contributed by atoms with Crippen LogP contribution in [0.25, 0.3) is 10.9 Å². The van der Waals surface area contributed by atoms with Crippen molar-refractivity contribution in [2.24, 2.45) is 7.05 Å². The van der Waals surface area contributed by atoms with Crippen molar-refractivity contribution in [1.82, 2.24) is 4.57 Å². The Balaban J connectivity index is 3.14. The van der Waals surface area contributed by atoms with Gasteiger partial charge < -0.3 is 9.67 Å². The van der Waals surface area contributed by atoms with Crippen molar-refractivity contribution in [1.29, 1.82) is 0 Å². The molecule has 0 atom stereocenters. The number of aromatic hydroxyl groups is 1. The van der Waals surface area contributed by atoms with Gasteiger partial charge in [-0.1, -0.05) is 12.1 Å². The number of pyridine rings is 1. The minimum atomic E-state index is -0.477. The van der Waals surface area contributed by atoms with Crippen molar-refractivity contribution in [3.8, 4) is 5.75 Å². The molecule has 0 radical (unpaired) electrons. The van der Waals surface area contributed by atoms with Gasteiger partial charge in [0.15, 0.2) is 6.29 Å². The summed E-state index contributed by atoms with van der Waals surface area (Å²) in [7, 11) is 1.59. The molecule has 0 fully saturated rings. The lowest BCUT2D eigenvalue weighted by Gasteiger charge is -2.10. The number of aryl methyl sites for hydroxylation is 2. The first-order valence-electron chi connectivity index (χ1n) is 4.84. The standard InChI is InChI=1S/C12H11NO3/c1-7-4-3-5-8-10(7)13(2)12(16)9(6-14)11(8)15/h3-6,15H,1-2H3. The van der Waals surface area contributed by atoms with Gasteiger partial charge in [0.05, 0.1) is 5.52 Å². The number of nitrogens with zero attached hydrogens (tertiary/aromatic N) is 1. The Kier molecular flexibility index (Phi) is 2.27. The number of hydrogen-bond acceptors (Lipinski definition) is 3. The summed E-state index contributed by atoms with van der Waals surface area (Å²) >= 11 is 0. The van der Waals surface area contributed by atoms with Crippen LogP contribution < -0.4 is 5.56 Å². The number of hydrogen-bond donors (Lipinski definition) is 1. The monoisotopic (exact) mass is 217 g/mol. The fourth-order valence-electron chi connectivity index (χ4n) is 1.93. The molecule has 1 N–H and O–H groups in total. The van der Waals surface area contributed by atoms with Gasteiger partial charge in [-0.05, 0) is 18.6 Å². The van der Waals surface area contributed by atoms with Crippen LogP contribution in [0.2, 0.25) is 0 Å². The predicted molar refractivity (Wildman–Crippen MR) is 61.0 cm³/mol. The smallest absolute Gasteiger partial charge is 0.265 e. The van der Waals surface area contributed by atoms with E-state index >= 15 is 0 Å². The third-order valence-corrected chi connectivity index (χ3v) is 2.74. The number of rotatable bonds is 1. The van der Waals surface area contributed by atoms with Gasteiger partial charge in [0, 0.05) is 12.4 Å². The first kappa shape index (κ1) is 10.4. The number of fused-ring (bicyclic) bond motifs is 1. The van der Waals surface area contributed by atoms with Crippen LogP contribution in [-0.2, 0) is 7.05 Å². The van der Waals surface area contributed by atoms with Gasteiger partial charge in [-0.15, -0.1) is 0 Å². The van der Waals surface area contributed by atoms with Crippen molar-refractivity contribution in [2.45, 2.75) is 6.92 Å². The second kappa shape index (κ2) is 3.48. The van der Waals surface area contributed by atoms with Crippen molar-refractivity contribution in [2.75, 3.05) is 0 Å². The van der Waals surface area contributed by atoms with Crippen LogP contribution in [0.15, 0.2) is 23.0 Å². The molecule has 0 amide bonds. The lowest BCUT2D eigenvalue weighted by molar-refractivity contribution is 0.111. The topological polar surface area (TPSA) is 59.3 Å². The SMILES string of the molecule is Cc1cccc2c(O)c(C=O)c(=O)n(C)c12. The van der Waals surface area contributed by atoms with E-state index in [1.54, 1.807) is 19.2 Å². The van der Waals surface area contributed by atoms with Gasteiger partial charge in [0.2, 0.25) is 0 Å². The summed E-state index contributed by atoms with van der Waals surface area (Å²) in [5, 5.41) is 10.4. The van der Waals surface area contributed by atoms with Gasteiger partial charge in [0.1, 0.15) is 11.3 Å². The molecular weight excluding hydrogens is 206 g/mol. The molecule has 0 bridgehead atoms. The third kappa shape index (κ3) is 1.23. The quantitative estimate of drug-likeness (QED) is 0.734. The van der Waals surface area contributed by atoms with E-state index in [9.17, 15) is 14.7 Å². The highest BCUT2D eigenvalue weighted by molar-refractivity contribution is 5.94. The van der Waals surface area contributed by atoms with E-state index in [-0.39, 0.29) is 11.3 Å². The Morgan fingerprint density at radius 3 is 2.69 bits per heavy atom. The second-order valence-electron chi connectivity index (χ2n) is 3.72. The summed E-state index contributed by atoms with van der Waals surface area (Å²) in [5.41, 5.74) is 0.857. The number of benzene rings is 1. The maximum absolute atomic E-state index is 11.8. The Morgan fingerprint density at radius 2 is 2.06 bits per heavy atom. The Bertz CT molecular complexity index is 641. The molecular formula is C12H11NO3. The zero-order valence-corrected chi connectivity index (χ0v) is 9.02. The van der Waals surface area contributed by atoms with Crippen LogP contribution in [-0.4, -0.2) is 16.0 Å². The predicted octanol–water partition coefficient (Wildman–Crippen LogP) is 1.37. The summed E-state index contributed by atoms with van der Waals surface area (Å²) in [6, 6.07) is 5.31. The van der Waals surface area contributed by atoms with E-state index in [1.165, 1.54) is 4.57 Å². The highest BCUT2D eigenvalue weighted by atomic mass is 16.3. The van der Waals surface area contributed by atoms with Crippen LogP contribution in [0.4, 0.5) is 0 Å². The normalized spacial score (nSPS) is 10.6. The summed E-state index contributed by atoms with van der Waals surface area (Å²) in [6.07, 6.45) is 0.388. The van der Waals surface area contributed by atoms with E-state index in [0.29, 0.717) is 17.2 Å². The fraction of sp³-hybridized carbons (Fsp3) is 0.167. The van der Waals surface area contributed by atoms with Gasteiger partial charge in [-0.2, -0.15) is 0 Å². The molecule has 82 valence electrons. The first-order valence-corrected chi connectivity index (χ1v) is 4.84. The largest absolute Gasteiger partial charge is 0.506 e. The van der Waals surface area contributed by atoms with Gasteiger partial charge in [-0.3, -0.25) is 9.59 Å². The molecule has 0 aliphatic heterocycles. The molecule has 0 aliphatic rings. The number of carbonyl (C=O) groups excluding carboxylic acids is 1. The number of carbonyl (C=O) groups is 1. The highest BCUT2D eigenvalue weighted by Gasteiger charge is 2.14. The van der Waals surface area contributed by atoms with E-state index in [0.717, 1.165) is 5.56 Å². The molecule has 0 spiro atoms. The van der Waals surface area contributed by atoms with E-state index in [1.807, 2.05) is 13.0 Å². The minimum absolute atomic E-state index is 0.194. The lowest BCUT2D eigenvalue weighted by atomic mass is 10.1. The molecule has 2 rings (SSSR count). The summed E-state index contributed by atoms with van der Waals surface area (Å²) in [4.78, 5) is 22.5. The molecule has 0 aliphatic carbocycles. The van der Waals surface area contributed by atoms with Crippen LogP contribution in [0.5, 0.6) is 5.75 Å². The molecule has 1 aromatic heterocycles. The molecule has 16 heavy (non-hydrogen) atoms. The van der Waals surface area contributed by atoms with Crippen molar-refractivity contribution < 1.29 is 9.90 Å². The molecule has 1 aromatic carbocycles.